The Balaban J connectivity index is 1.71. The van der Waals surface area contributed by atoms with Crippen LogP contribution in [0.25, 0.3) is 6.08 Å². The van der Waals surface area contributed by atoms with Gasteiger partial charge in [0, 0.05) is 30.1 Å². The molecule has 0 unspecified atom stereocenters. The van der Waals surface area contributed by atoms with E-state index in [1.54, 1.807) is 41.5 Å². The van der Waals surface area contributed by atoms with E-state index in [0.29, 0.717) is 25.1 Å². The monoisotopic (exact) mass is 726 g/mol. The number of carbonyl (C=O) groups excluding carboxylic acids is 2. The molecule has 53 heavy (non-hydrogen) atoms. The Hall–Kier alpha value is -4.10. The van der Waals surface area contributed by atoms with Gasteiger partial charge in [0.1, 0.15) is 23.6 Å². The number of carbonyl (C=O) groups is 2. The topological polar surface area (TPSA) is 68.3 Å². The first-order valence-electron chi connectivity index (χ1n) is 19.6. The largest absolute Gasteiger partial charge is 0.489 e. The van der Waals surface area contributed by atoms with Crippen LogP contribution in [0.2, 0.25) is 0 Å². The van der Waals surface area contributed by atoms with E-state index in [4.69, 9.17) is 14.2 Å². The normalized spacial score (nSPS) is 12.8. The van der Waals surface area contributed by atoms with Gasteiger partial charge in [0.2, 0.25) is 0 Å². The maximum Gasteiger partial charge on any atom is 0.419 e. The Labute approximate surface area is 320 Å². The fraction of sp³-hybridized carbons (Fsp3) is 0.522. The number of allylic oxidation sites excluding steroid dienone is 1. The number of hydrogen-bond acceptors (Lipinski definition) is 6. The predicted molar refractivity (Wildman–Crippen MR) is 218 cm³/mol. The second-order valence-corrected chi connectivity index (χ2v) is 16.5. The Morgan fingerprint density at radius 2 is 1.26 bits per heavy atom. The van der Waals surface area contributed by atoms with Crippen molar-refractivity contribution < 1.29 is 23.8 Å². The molecule has 0 bridgehead atoms. The molecule has 0 N–H and O–H groups in total. The van der Waals surface area contributed by atoms with E-state index in [1.807, 2.05) is 6.07 Å². The molecule has 2 amide bonds. The zero-order valence-electron chi connectivity index (χ0n) is 34.2. The fourth-order valence-corrected chi connectivity index (χ4v) is 6.38. The summed E-state index contributed by atoms with van der Waals surface area (Å²) in [7, 11) is 0. The summed E-state index contributed by atoms with van der Waals surface area (Å²) in [6.45, 7) is 21.6. The molecule has 0 radical (unpaired) electrons. The van der Waals surface area contributed by atoms with Gasteiger partial charge in [-0.2, -0.15) is 0 Å². The van der Waals surface area contributed by atoms with Crippen molar-refractivity contribution in [1.82, 2.24) is 9.80 Å². The highest BCUT2D eigenvalue weighted by Gasteiger charge is 2.30. The fourth-order valence-electron chi connectivity index (χ4n) is 6.38. The van der Waals surface area contributed by atoms with Crippen LogP contribution in [0.15, 0.2) is 84.9 Å². The maximum atomic E-state index is 12.8. The van der Waals surface area contributed by atoms with E-state index in [2.05, 4.69) is 118 Å². The van der Waals surface area contributed by atoms with E-state index >= 15 is 0 Å². The van der Waals surface area contributed by atoms with Crippen molar-refractivity contribution in [3.05, 3.63) is 107 Å². The number of benzene rings is 3. The van der Waals surface area contributed by atoms with Gasteiger partial charge in [-0.3, -0.25) is 4.90 Å². The van der Waals surface area contributed by atoms with E-state index in [1.165, 1.54) is 11.1 Å². The van der Waals surface area contributed by atoms with Crippen molar-refractivity contribution in [3.8, 4) is 5.75 Å². The minimum Gasteiger partial charge on any atom is -0.489 e. The molecule has 3 aromatic carbocycles. The molecule has 0 aliphatic carbocycles. The summed E-state index contributed by atoms with van der Waals surface area (Å²) in [6.07, 6.45) is 8.59. The number of amides is 2. The van der Waals surface area contributed by atoms with E-state index in [9.17, 15) is 9.59 Å². The summed E-state index contributed by atoms with van der Waals surface area (Å²) >= 11 is 0. The lowest BCUT2D eigenvalue weighted by Crippen LogP contribution is -2.44. The van der Waals surface area contributed by atoms with Gasteiger partial charge in [-0.25, -0.2) is 14.5 Å². The highest BCUT2D eigenvalue weighted by Crippen LogP contribution is 2.36. The molecule has 0 aliphatic rings. The Kier molecular flexibility index (Phi) is 17.1. The number of imide groups is 1. The van der Waals surface area contributed by atoms with Crippen LogP contribution in [-0.2, 0) is 16.1 Å². The van der Waals surface area contributed by atoms with Crippen LogP contribution in [0.5, 0.6) is 5.75 Å². The van der Waals surface area contributed by atoms with Gasteiger partial charge in [0.15, 0.2) is 0 Å². The maximum absolute atomic E-state index is 12.8. The van der Waals surface area contributed by atoms with Crippen LogP contribution in [0, 0.1) is 0 Å². The second-order valence-electron chi connectivity index (χ2n) is 16.5. The smallest absolute Gasteiger partial charge is 0.419 e. The first-order chi connectivity index (χ1) is 25.0. The molecule has 290 valence electrons. The van der Waals surface area contributed by atoms with Crippen LogP contribution in [-0.4, -0.2) is 58.4 Å². The third-order valence-corrected chi connectivity index (χ3v) is 8.89. The van der Waals surface area contributed by atoms with Crippen molar-refractivity contribution in [2.45, 2.75) is 144 Å². The third kappa shape index (κ3) is 15.8. The van der Waals surface area contributed by atoms with E-state index in [-0.39, 0.29) is 12.5 Å². The van der Waals surface area contributed by atoms with Crippen molar-refractivity contribution in [2.24, 2.45) is 0 Å². The SMILES string of the molecule is CC(C)N(CC[C@H](c1ccccc1)c1cc(/C=C/CCCCCCN(C(=O)OC(C)(C)C)C(=O)OC(C)(C)C)ccc1OCc1ccccc1)C(C)C. The number of nitrogens with zero attached hydrogens (tertiary/aromatic N) is 2. The molecular weight excluding hydrogens is 661 g/mol. The molecule has 0 spiro atoms. The van der Waals surface area contributed by atoms with Crippen LogP contribution in [0.3, 0.4) is 0 Å². The molecule has 7 heteroatoms. The molecule has 3 rings (SSSR count). The van der Waals surface area contributed by atoms with Crippen LogP contribution in [0.4, 0.5) is 9.59 Å². The average Bonchev–Trinajstić information content (AvgIpc) is 3.07. The molecule has 0 heterocycles. The van der Waals surface area contributed by atoms with Crippen LogP contribution in [0.1, 0.15) is 136 Å². The summed E-state index contributed by atoms with van der Waals surface area (Å²) in [5, 5.41) is 0. The lowest BCUT2D eigenvalue weighted by atomic mass is 9.86. The van der Waals surface area contributed by atoms with Crippen LogP contribution < -0.4 is 4.74 Å². The molecular formula is C46H66N2O5. The molecule has 1 atom stereocenters. The lowest BCUT2D eigenvalue weighted by molar-refractivity contribution is 0.00117. The van der Waals surface area contributed by atoms with Crippen molar-refractivity contribution in [3.63, 3.8) is 0 Å². The van der Waals surface area contributed by atoms with E-state index < -0.39 is 23.4 Å². The average molecular weight is 727 g/mol. The van der Waals surface area contributed by atoms with E-state index in [0.717, 1.165) is 60.4 Å². The zero-order valence-corrected chi connectivity index (χ0v) is 34.2. The highest BCUT2D eigenvalue weighted by molar-refractivity contribution is 5.88. The van der Waals surface area contributed by atoms with Gasteiger partial charge in [0.05, 0.1) is 0 Å². The number of ether oxygens (including phenoxy) is 3. The Morgan fingerprint density at radius 3 is 1.83 bits per heavy atom. The number of unbranched alkanes of at least 4 members (excludes halogenated alkanes) is 4. The Morgan fingerprint density at radius 1 is 0.698 bits per heavy atom. The van der Waals surface area contributed by atoms with Gasteiger partial charge >= 0.3 is 12.2 Å². The second kappa shape index (κ2) is 21.0. The molecule has 0 saturated carbocycles. The minimum absolute atomic E-state index is 0.177. The predicted octanol–water partition coefficient (Wildman–Crippen LogP) is 12.0. The minimum atomic E-state index is -0.703. The zero-order chi connectivity index (χ0) is 39.0. The summed E-state index contributed by atoms with van der Waals surface area (Å²) in [5.74, 6) is 1.10. The van der Waals surface area contributed by atoms with Gasteiger partial charge in [-0.15, -0.1) is 0 Å². The standard InChI is InChI=1S/C46H66N2O5/c1-35(2)47(36(3)4)32-30-40(39-26-20-16-21-27-39)41-33-37(28-29-42(41)51-34-38-24-18-15-19-25-38)23-17-13-11-12-14-22-31-48(43(49)52-45(5,6)7)44(50)53-46(8,9)10/h15-21,23-29,33,35-36,40H,11-14,22,30-32,34H2,1-10H3/b23-17+/t40-/m1/s1. The third-order valence-electron chi connectivity index (χ3n) is 8.89. The van der Waals surface area contributed by atoms with Gasteiger partial charge in [-0.1, -0.05) is 91.7 Å². The van der Waals surface area contributed by atoms with Crippen molar-refractivity contribution in [1.29, 1.82) is 0 Å². The van der Waals surface area contributed by atoms with Gasteiger partial charge < -0.3 is 14.2 Å². The summed E-state index contributed by atoms with van der Waals surface area (Å²) < 4.78 is 17.5. The van der Waals surface area contributed by atoms with Crippen molar-refractivity contribution >= 4 is 18.3 Å². The molecule has 0 fully saturated rings. The molecule has 0 saturated heterocycles. The first-order valence-corrected chi connectivity index (χ1v) is 19.6. The Bertz CT molecular complexity index is 1520. The van der Waals surface area contributed by atoms with Gasteiger partial charge in [0.25, 0.3) is 0 Å². The first kappa shape index (κ1) is 43.3. The van der Waals surface area contributed by atoms with Crippen LogP contribution >= 0.6 is 0 Å². The lowest BCUT2D eigenvalue weighted by Gasteiger charge is -2.32. The number of rotatable bonds is 18. The number of hydrogen-bond donors (Lipinski definition) is 0. The highest BCUT2D eigenvalue weighted by atomic mass is 16.6. The van der Waals surface area contributed by atoms with Crippen molar-refractivity contribution in [2.75, 3.05) is 13.1 Å². The molecule has 0 aromatic heterocycles. The van der Waals surface area contributed by atoms with Gasteiger partial charge in [-0.05, 0) is 130 Å². The summed E-state index contributed by atoms with van der Waals surface area (Å²) in [6, 6.07) is 28.7. The quantitative estimate of drug-likeness (QED) is 0.122. The molecule has 3 aromatic rings. The molecule has 7 nitrogen and oxygen atoms in total. The molecule has 0 aliphatic heterocycles. The summed E-state index contributed by atoms with van der Waals surface area (Å²) in [5.41, 5.74) is 3.40. The summed E-state index contributed by atoms with van der Waals surface area (Å²) in [4.78, 5) is 29.3.